The average molecular weight is 266 g/mol. The van der Waals surface area contributed by atoms with Crippen LogP contribution in [0.25, 0.3) is 0 Å². The summed E-state index contributed by atoms with van der Waals surface area (Å²) in [5, 5.41) is 5.98. The number of aryl methyl sites for hydroxylation is 1. The lowest BCUT2D eigenvalue weighted by molar-refractivity contribution is 0.104. The molecule has 0 spiro atoms. The molecule has 0 fully saturated rings. The first-order chi connectivity index (χ1) is 7.89. The van der Waals surface area contributed by atoms with Crippen LogP contribution >= 0.6 is 22.9 Å². The fourth-order valence-corrected chi connectivity index (χ4v) is 3.05. The predicted octanol–water partition coefficient (Wildman–Crippen LogP) is 3.44. The van der Waals surface area contributed by atoms with Gasteiger partial charge >= 0.3 is 0 Å². The van der Waals surface area contributed by atoms with E-state index in [4.69, 9.17) is 0 Å². The molecule has 0 unspecified atom stereocenters. The van der Waals surface area contributed by atoms with Crippen LogP contribution in [-0.2, 0) is 5.41 Å². The molecule has 2 rings (SSSR count). The Hall–Kier alpha value is -1.07. The number of thiophene rings is 1. The number of ketones is 1. The van der Waals surface area contributed by atoms with Gasteiger partial charge in [0, 0.05) is 21.2 Å². The summed E-state index contributed by atoms with van der Waals surface area (Å²) in [5.41, 5.74) is 1.38. The van der Waals surface area contributed by atoms with Crippen LogP contribution in [0.4, 0.5) is 0 Å². The number of carbonyl (C=O) groups is 1. The second-order valence-electron chi connectivity index (χ2n) is 4.98. The number of rotatable bonds is 2. The van der Waals surface area contributed by atoms with Gasteiger partial charge in [-0.1, -0.05) is 25.3 Å². The first-order valence-electron chi connectivity index (χ1n) is 5.32. The summed E-state index contributed by atoms with van der Waals surface area (Å²) in [4.78, 5) is 14.1. The van der Waals surface area contributed by atoms with E-state index in [2.05, 4.69) is 9.59 Å². The second-order valence-corrected chi connectivity index (χ2v) is 6.85. The Kier molecular flexibility index (Phi) is 3.14. The summed E-state index contributed by atoms with van der Waals surface area (Å²) in [7, 11) is 0. The normalized spacial score (nSPS) is 11.8. The molecule has 0 aliphatic heterocycles. The van der Waals surface area contributed by atoms with Crippen molar-refractivity contribution in [2.24, 2.45) is 0 Å². The highest BCUT2D eigenvalue weighted by Gasteiger charge is 2.27. The van der Waals surface area contributed by atoms with Crippen LogP contribution in [0.1, 0.15) is 46.6 Å². The minimum absolute atomic E-state index is 0.0364. The quantitative estimate of drug-likeness (QED) is 0.782. The van der Waals surface area contributed by atoms with Gasteiger partial charge in [-0.25, -0.2) is 0 Å². The SMILES string of the molecule is Cc1cc(C(=O)c2snnc2C(C)(C)C)cs1. The van der Waals surface area contributed by atoms with E-state index in [9.17, 15) is 4.79 Å². The Labute approximate surface area is 109 Å². The molecule has 90 valence electrons. The molecule has 0 aliphatic rings. The molecule has 0 saturated heterocycles. The second kappa shape index (κ2) is 4.31. The maximum atomic E-state index is 12.3. The summed E-state index contributed by atoms with van der Waals surface area (Å²) in [6.45, 7) is 8.12. The number of nitrogens with zero attached hydrogens (tertiary/aromatic N) is 2. The van der Waals surface area contributed by atoms with Gasteiger partial charge in [0.05, 0.1) is 5.69 Å². The van der Waals surface area contributed by atoms with Crippen molar-refractivity contribution < 1.29 is 4.79 Å². The zero-order valence-electron chi connectivity index (χ0n) is 10.3. The Balaban J connectivity index is 2.42. The Morgan fingerprint density at radius 1 is 1.35 bits per heavy atom. The van der Waals surface area contributed by atoms with E-state index in [0.29, 0.717) is 4.88 Å². The summed E-state index contributed by atoms with van der Waals surface area (Å²) in [6, 6.07) is 1.92. The molecule has 0 atom stereocenters. The molecule has 17 heavy (non-hydrogen) atoms. The smallest absolute Gasteiger partial charge is 0.207 e. The van der Waals surface area contributed by atoms with Gasteiger partial charge in [0.2, 0.25) is 5.78 Å². The molecular weight excluding hydrogens is 252 g/mol. The van der Waals surface area contributed by atoms with Crippen LogP contribution in [-0.4, -0.2) is 15.4 Å². The standard InChI is InChI=1S/C12H14N2OS2/c1-7-5-8(6-16-7)9(15)10-11(12(2,3)4)13-14-17-10/h5-6H,1-4H3. The third-order valence-electron chi connectivity index (χ3n) is 2.40. The molecule has 0 amide bonds. The van der Waals surface area contributed by atoms with E-state index < -0.39 is 0 Å². The topological polar surface area (TPSA) is 42.9 Å². The molecule has 2 aromatic rings. The molecule has 2 aromatic heterocycles. The summed E-state index contributed by atoms with van der Waals surface area (Å²) in [5.74, 6) is 0.0364. The zero-order chi connectivity index (χ0) is 12.6. The highest BCUT2D eigenvalue weighted by molar-refractivity contribution is 7.10. The van der Waals surface area contributed by atoms with E-state index in [-0.39, 0.29) is 11.2 Å². The molecule has 0 saturated carbocycles. The molecule has 0 aromatic carbocycles. The van der Waals surface area contributed by atoms with Gasteiger partial charge in [-0.05, 0) is 24.5 Å². The molecule has 2 heterocycles. The van der Waals surface area contributed by atoms with Gasteiger partial charge in [-0.15, -0.1) is 16.4 Å². The molecule has 0 N–H and O–H groups in total. The van der Waals surface area contributed by atoms with E-state index >= 15 is 0 Å². The molecule has 3 nitrogen and oxygen atoms in total. The van der Waals surface area contributed by atoms with Crippen molar-refractivity contribution >= 4 is 28.7 Å². The lowest BCUT2D eigenvalue weighted by Crippen LogP contribution is -2.16. The summed E-state index contributed by atoms with van der Waals surface area (Å²) < 4.78 is 3.92. The first-order valence-corrected chi connectivity index (χ1v) is 6.97. The van der Waals surface area contributed by atoms with Crippen LogP contribution < -0.4 is 0 Å². The number of carbonyl (C=O) groups excluding carboxylic acids is 1. The van der Waals surface area contributed by atoms with Crippen molar-refractivity contribution in [3.63, 3.8) is 0 Å². The van der Waals surface area contributed by atoms with Gasteiger partial charge in [-0.2, -0.15) is 0 Å². The van der Waals surface area contributed by atoms with Crippen LogP contribution in [0.3, 0.4) is 0 Å². The van der Waals surface area contributed by atoms with Crippen molar-refractivity contribution in [3.8, 4) is 0 Å². The predicted molar refractivity (Wildman–Crippen MR) is 71.1 cm³/mol. The van der Waals surface area contributed by atoms with Gasteiger partial charge in [0.1, 0.15) is 4.88 Å². The van der Waals surface area contributed by atoms with E-state index in [1.807, 2.05) is 39.1 Å². The minimum atomic E-state index is -0.150. The van der Waals surface area contributed by atoms with Gasteiger partial charge < -0.3 is 0 Å². The van der Waals surface area contributed by atoms with Crippen LogP contribution in [0, 0.1) is 6.92 Å². The lowest BCUT2D eigenvalue weighted by Gasteiger charge is -2.15. The van der Waals surface area contributed by atoms with Crippen LogP contribution in [0.15, 0.2) is 11.4 Å². The van der Waals surface area contributed by atoms with Gasteiger partial charge in [-0.3, -0.25) is 4.79 Å². The highest BCUT2D eigenvalue weighted by atomic mass is 32.1. The molecular formula is C12H14N2OS2. The third kappa shape index (κ3) is 2.45. The van der Waals surface area contributed by atoms with Crippen molar-refractivity contribution in [2.45, 2.75) is 33.1 Å². The van der Waals surface area contributed by atoms with Crippen molar-refractivity contribution in [2.75, 3.05) is 0 Å². The fraction of sp³-hybridized carbons (Fsp3) is 0.417. The molecule has 5 heteroatoms. The third-order valence-corrected chi connectivity index (χ3v) is 3.98. The average Bonchev–Trinajstić information content (AvgIpc) is 2.83. The van der Waals surface area contributed by atoms with Crippen molar-refractivity contribution in [1.29, 1.82) is 0 Å². The number of hydrogen-bond acceptors (Lipinski definition) is 5. The monoisotopic (exact) mass is 266 g/mol. The maximum Gasteiger partial charge on any atom is 0.207 e. The largest absolute Gasteiger partial charge is 0.288 e. The van der Waals surface area contributed by atoms with Crippen molar-refractivity contribution in [1.82, 2.24) is 9.59 Å². The zero-order valence-corrected chi connectivity index (χ0v) is 11.9. The van der Waals surface area contributed by atoms with E-state index in [1.54, 1.807) is 11.3 Å². The van der Waals surface area contributed by atoms with Gasteiger partial charge in [0.25, 0.3) is 0 Å². The van der Waals surface area contributed by atoms with Crippen LogP contribution in [0.2, 0.25) is 0 Å². The highest BCUT2D eigenvalue weighted by Crippen LogP contribution is 2.28. The van der Waals surface area contributed by atoms with Gasteiger partial charge in [0.15, 0.2) is 0 Å². The summed E-state index contributed by atoms with van der Waals surface area (Å²) >= 11 is 2.77. The fourth-order valence-electron chi connectivity index (χ4n) is 1.52. The number of hydrogen-bond donors (Lipinski definition) is 0. The lowest BCUT2D eigenvalue weighted by atomic mass is 9.90. The Morgan fingerprint density at radius 3 is 2.59 bits per heavy atom. The molecule has 0 radical (unpaired) electrons. The minimum Gasteiger partial charge on any atom is -0.288 e. The van der Waals surface area contributed by atoms with Crippen LogP contribution in [0.5, 0.6) is 0 Å². The Morgan fingerprint density at radius 2 is 2.06 bits per heavy atom. The summed E-state index contributed by atoms with van der Waals surface area (Å²) in [6.07, 6.45) is 0. The van der Waals surface area contributed by atoms with E-state index in [0.717, 1.165) is 16.1 Å². The van der Waals surface area contributed by atoms with Crippen molar-refractivity contribution in [3.05, 3.63) is 32.5 Å². The number of aromatic nitrogens is 2. The first kappa shape index (κ1) is 12.4. The maximum absolute atomic E-state index is 12.3. The van der Waals surface area contributed by atoms with E-state index in [1.165, 1.54) is 11.5 Å². The Bertz CT molecular complexity index is 549. The molecule has 0 bridgehead atoms. The molecule has 0 aliphatic carbocycles.